The van der Waals surface area contributed by atoms with Crippen LogP contribution in [0.3, 0.4) is 0 Å². The number of thiazole rings is 1. The van der Waals surface area contributed by atoms with E-state index in [1.165, 1.54) is 17.7 Å². The summed E-state index contributed by atoms with van der Waals surface area (Å²) in [6, 6.07) is 0.590. The van der Waals surface area contributed by atoms with E-state index >= 15 is 0 Å². The molecule has 1 saturated heterocycles. The number of nitrogens with one attached hydrogen (secondary N) is 1. The standard InChI is InChI=1S/C11H18N2OS/c1-9-11(15-8-13-9)4-6-14-7-10-3-2-5-12-10/h8,10,12H,2-7H2,1H3/t10-/m0/s1. The highest BCUT2D eigenvalue weighted by molar-refractivity contribution is 7.09. The van der Waals surface area contributed by atoms with Gasteiger partial charge in [-0.3, -0.25) is 0 Å². The van der Waals surface area contributed by atoms with E-state index < -0.39 is 0 Å². The molecule has 0 unspecified atom stereocenters. The van der Waals surface area contributed by atoms with E-state index in [9.17, 15) is 0 Å². The van der Waals surface area contributed by atoms with Crippen molar-refractivity contribution in [2.75, 3.05) is 19.8 Å². The number of hydrogen-bond acceptors (Lipinski definition) is 4. The monoisotopic (exact) mass is 226 g/mol. The first kappa shape index (κ1) is 11.0. The van der Waals surface area contributed by atoms with Crippen LogP contribution in [0.4, 0.5) is 0 Å². The van der Waals surface area contributed by atoms with E-state index in [2.05, 4.69) is 17.2 Å². The molecule has 0 radical (unpaired) electrons. The molecule has 4 heteroatoms. The summed E-state index contributed by atoms with van der Waals surface area (Å²) in [7, 11) is 0. The predicted molar refractivity (Wildman–Crippen MR) is 62.4 cm³/mol. The molecule has 1 N–H and O–H groups in total. The molecular weight excluding hydrogens is 208 g/mol. The van der Waals surface area contributed by atoms with Gasteiger partial charge < -0.3 is 10.1 Å². The van der Waals surface area contributed by atoms with Crippen molar-refractivity contribution in [1.29, 1.82) is 0 Å². The van der Waals surface area contributed by atoms with E-state index in [4.69, 9.17) is 4.74 Å². The van der Waals surface area contributed by atoms with Crippen LogP contribution >= 0.6 is 11.3 Å². The maximum atomic E-state index is 5.66. The smallest absolute Gasteiger partial charge is 0.0797 e. The fraction of sp³-hybridized carbons (Fsp3) is 0.727. The van der Waals surface area contributed by atoms with E-state index in [0.717, 1.165) is 31.9 Å². The number of aromatic nitrogens is 1. The summed E-state index contributed by atoms with van der Waals surface area (Å²) in [5.74, 6) is 0. The highest BCUT2D eigenvalue weighted by Crippen LogP contribution is 2.13. The van der Waals surface area contributed by atoms with E-state index in [1.807, 2.05) is 5.51 Å². The molecule has 84 valence electrons. The van der Waals surface area contributed by atoms with Gasteiger partial charge in [0.15, 0.2) is 0 Å². The van der Waals surface area contributed by atoms with Gasteiger partial charge in [-0.25, -0.2) is 4.98 Å². The lowest BCUT2D eigenvalue weighted by Crippen LogP contribution is -2.27. The Balaban J connectivity index is 1.60. The van der Waals surface area contributed by atoms with Crippen molar-refractivity contribution in [2.24, 2.45) is 0 Å². The minimum absolute atomic E-state index is 0.590. The van der Waals surface area contributed by atoms with Crippen molar-refractivity contribution >= 4 is 11.3 Å². The summed E-state index contributed by atoms with van der Waals surface area (Å²) in [4.78, 5) is 5.58. The molecule has 0 bridgehead atoms. The maximum Gasteiger partial charge on any atom is 0.0797 e. The molecule has 1 aliphatic heterocycles. The van der Waals surface area contributed by atoms with Crippen molar-refractivity contribution in [2.45, 2.75) is 32.2 Å². The van der Waals surface area contributed by atoms with E-state index in [0.29, 0.717) is 6.04 Å². The predicted octanol–water partition coefficient (Wildman–Crippen LogP) is 1.76. The molecule has 1 aliphatic rings. The van der Waals surface area contributed by atoms with E-state index in [1.54, 1.807) is 11.3 Å². The van der Waals surface area contributed by atoms with Crippen LogP contribution in [-0.2, 0) is 11.2 Å². The SMILES string of the molecule is Cc1ncsc1CCOC[C@@H]1CCCN1. The minimum atomic E-state index is 0.590. The normalized spacial score (nSPS) is 21.0. The number of ether oxygens (including phenoxy) is 1. The van der Waals surface area contributed by atoms with Gasteiger partial charge in [0.1, 0.15) is 0 Å². The highest BCUT2D eigenvalue weighted by Gasteiger charge is 2.13. The maximum absolute atomic E-state index is 5.66. The largest absolute Gasteiger partial charge is 0.379 e. The van der Waals surface area contributed by atoms with Crippen molar-refractivity contribution in [3.8, 4) is 0 Å². The van der Waals surface area contributed by atoms with Crippen LogP contribution in [0.1, 0.15) is 23.4 Å². The lowest BCUT2D eigenvalue weighted by Gasteiger charge is -2.10. The second-order valence-electron chi connectivity index (χ2n) is 3.98. The number of aryl methyl sites for hydroxylation is 1. The highest BCUT2D eigenvalue weighted by atomic mass is 32.1. The zero-order valence-corrected chi connectivity index (χ0v) is 9.98. The first-order valence-electron chi connectivity index (χ1n) is 5.56. The molecule has 1 fully saturated rings. The van der Waals surface area contributed by atoms with Gasteiger partial charge >= 0.3 is 0 Å². The van der Waals surface area contributed by atoms with Crippen LogP contribution in [0.5, 0.6) is 0 Å². The Bertz CT molecular complexity index is 295. The zero-order valence-electron chi connectivity index (χ0n) is 9.16. The lowest BCUT2D eigenvalue weighted by atomic mass is 10.2. The summed E-state index contributed by atoms with van der Waals surface area (Å²) >= 11 is 1.73. The van der Waals surface area contributed by atoms with Crippen LogP contribution in [0.2, 0.25) is 0 Å². The molecular formula is C11H18N2OS. The third-order valence-corrected chi connectivity index (χ3v) is 3.79. The average molecular weight is 226 g/mol. The van der Waals surface area contributed by atoms with Crippen molar-refractivity contribution in [3.63, 3.8) is 0 Å². The Morgan fingerprint density at radius 2 is 2.60 bits per heavy atom. The van der Waals surface area contributed by atoms with Crippen molar-refractivity contribution in [3.05, 3.63) is 16.1 Å². The summed E-state index contributed by atoms with van der Waals surface area (Å²) in [5.41, 5.74) is 3.06. The Morgan fingerprint density at radius 1 is 1.67 bits per heavy atom. The number of nitrogens with zero attached hydrogens (tertiary/aromatic N) is 1. The summed E-state index contributed by atoms with van der Waals surface area (Å²) in [5, 5.41) is 3.43. The van der Waals surface area contributed by atoms with Gasteiger partial charge in [0.25, 0.3) is 0 Å². The van der Waals surface area contributed by atoms with Crippen molar-refractivity contribution < 1.29 is 4.74 Å². The Labute approximate surface area is 94.9 Å². The molecule has 0 amide bonds. The average Bonchev–Trinajstić information content (AvgIpc) is 2.85. The van der Waals surface area contributed by atoms with Gasteiger partial charge in [-0.2, -0.15) is 0 Å². The second-order valence-corrected chi connectivity index (χ2v) is 4.92. The van der Waals surface area contributed by atoms with Gasteiger partial charge in [-0.1, -0.05) is 0 Å². The summed E-state index contributed by atoms with van der Waals surface area (Å²) < 4.78 is 5.66. The molecule has 1 aromatic rings. The topological polar surface area (TPSA) is 34.1 Å². The number of hydrogen-bond donors (Lipinski definition) is 1. The number of rotatable bonds is 5. The van der Waals surface area contributed by atoms with Crippen LogP contribution in [0.25, 0.3) is 0 Å². The van der Waals surface area contributed by atoms with Crippen LogP contribution < -0.4 is 5.32 Å². The fourth-order valence-electron chi connectivity index (χ4n) is 1.86. The van der Waals surface area contributed by atoms with Gasteiger partial charge in [0.2, 0.25) is 0 Å². The zero-order chi connectivity index (χ0) is 10.5. The van der Waals surface area contributed by atoms with Crippen LogP contribution in [-0.4, -0.2) is 30.8 Å². The summed E-state index contributed by atoms with van der Waals surface area (Å²) in [6.07, 6.45) is 3.56. The first-order chi connectivity index (χ1) is 7.36. The molecule has 0 spiro atoms. The Hall–Kier alpha value is -0.450. The molecule has 0 aromatic carbocycles. The summed E-state index contributed by atoms with van der Waals surface area (Å²) in [6.45, 7) is 4.89. The molecule has 3 nitrogen and oxygen atoms in total. The molecule has 1 aromatic heterocycles. The van der Waals surface area contributed by atoms with Gasteiger partial charge in [0.05, 0.1) is 24.4 Å². The minimum Gasteiger partial charge on any atom is -0.379 e. The molecule has 0 aliphatic carbocycles. The van der Waals surface area contributed by atoms with Crippen LogP contribution in [0.15, 0.2) is 5.51 Å². The van der Waals surface area contributed by atoms with Gasteiger partial charge in [-0.05, 0) is 26.3 Å². The fourth-order valence-corrected chi connectivity index (χ4v) is 2.62. The molecule has 2 rings (SSSR count). The van der Waals surface area contributed by atoms with E-state index in [-0.39, 0.29) is 0 Å². The molecule has 0 saturated carbocycles. The van der Waals surface area contributed by atoms with Crippen molar-refractivity contribution in [1.82, 2.24) is 10.3 Å². The second kappa shape index (κ2) is 5.58. The molecule has 15 heavy (non-hydrogen) atoms. The lowest BCUT2D eigenvalue weighted by molar-refractivity contribution is 0.119. The van der Waals surface area contributed by atoms with Gasteiger partial charge in [0, 0.05) is 17.3 Å². The molecule has 1 atom stereocenters. The molecule has 2 heterocycles. The quantitative estimate of drug-likeness (QED) is 0.777. The third-order valence-electron chi connectivity index (χ3n) is 2.80. The Kier molecular flexibility index (Phi) is 4.11. The van der Waals surface area contributed by atoms with Crippen LogP contribution in [0, 0.1) is 6.92 Å². The Morgan fingerprint density at radius 3 is 3.27 bits per heavy atom. The third kappa shape index (κ3) is 3.26. The van der Waals surface area contributed by atoms with Gasteiger partial charge in [-0.15, -0.1) is 11.3 Å². The first-order valence-corrected chi connectivity index (χ1v) is 6.44.